The van der Waals surface area contributed by atoms with Crippen molar-refractivity contribution in [3.63, 3.8) is 0 Å². The van der Waals surface area contributed by atoms with Crippen molar-refractivity contribution in [2.75, 3.05) is 18.0 Å². The molecule has 1 aliphatic carbocycles. The molecule has 6 nitrogen and oxygen atoms in total. The SMILES string of the molecule is O=C(O)c1cn(C2CC2)c2c(F)c(N3CC(c4ccc(Cl)cc4)NCC3Cl)ccc2c1=O. The zero-order chi connectivity index (χ0) is 22.6. The van der Waals surface area contributed by atoms with E-state index < -0.39 is 22.7 Å². The van der Waals surface area contributed by atoms with Gasteiger partial charge in [0.1, 0.15) is 11.1 Å². The number of pyridine rings is 1. The third-order valence-electron chi connectivity index (χ3n) is 6.11. The number of nitrogens with one attached hydrogen (secondary N) is 1. The number of carbonyl (C=O) groups is 1. The Morgan fingerprint density at radius 2 is 1.88 bits per heavy atom. The Kier molecular flexibility index (Phi) is 5.35. The normalized spacial score (nSPS) is 21.2. The van der Waals surface area contributed by atoms with Gasteiger partial charge in [0.15, 0.2) is 5.82 Å². The van der Waals surface area contributed by atoms with Crippen molar-refractivity contribution < 1.29 is 14.3 Å². The third kappa shape index (κ3) is 3.64. The number of halogens is 3. The average Bonchev–Trinajstić information content (AvgIpc) is 3.61. The Hall–Kier alpha value is -2.61. The lowest BCUT2D eigenvalue weighted by Crippen LogP contribution is -2.50. The molecule has 1 saturated heterocycles. The molecule has 2 heterocycles. The monoisotopic (exact) mass is 475 g/mol. The third-order valence-corrected chi connectivity index (χ3v) is 6.76. The molecule has 9 heteroatoms. The maximum absolute atomic E-state index is 15.9. The number of aromatic carboxylic acids is 1. The second kappa shape index (κ2) is 8.06. The molecule has 1 aromatic heterocycles. The van der Waals surface area contributed by atoms with Crippen LogP contribution in [-0.4, -0.2) is 34.2 Å². The quantitative estimate of drug-likeness (QED) is 0.427. The highest BCUT2D eigenvalue weighted by atomic mass is 35.5. The smallest absolute Gasteiger partial charge is 0.341 e. The minimum atomic E-state index is -1.32. The van der Waals surface area contributed by atoms with Crippen LogP contribution in [-0.2, 0) is 0 Å². The molecule has 3 aromatic rings. The van der Waals surface area contributed by atoms with Crippen molar-refractivity contribution >= 4 is 45.8 Å². The molecule has 2 aliphatic rings. The molecule has 2 atom stereocenters. The summed E-state index contributed by atoms with van der Waals surface area (Å²) >= 11 is 12.6. The van der Waals surface area contributed by atoms with Crippen LogP contribution in [0.15, 0.2) is 47.4 Å². The molecule has 2 unspecified atom stereocenters. The number of piperazine rings is 1. The molecule has 2 fully saturated rings. The molecule has 1 aliphatic heterocycles. The Balaban J connectivity index is 1.60. The van der Waals surface area contributed by atoms with E-state index in [1.807, 2.05) is 12.1 Å². The predicted octanol–water partition coefficient (Wildman–Crippen LogP) is 4.54. The molecule has 5 rings (SSSR count). The highest BCUT2D eigenvalue weighted by molar-refractivity contribution is 6.30. The van der Waals surface area contributed by atoms with E-state index >= 15 is 4.39 Å². The summed E-state index contributed by atoms with van der Waals surface area (Å²) in [6.07, 6.45) is 2.89. The maximum Gasteiger partial charge on any atom is 0.341 e. The van der Waals surface area contributed by atoms with Crippen molar-refractivity contribution in [1.29, 1.82) is 0 Å². The lowest BCUT2D eigenvalue weighted by molar-refractivity contribution is 0.0695. The molecule has 32 heavy (non-hydrogen) atoms. The van der Waals surface area contributed by atoms with Crippen LogP contribution in [0.1, 0.15) is 40.8 Å². The van der Waals surface area contributed by atoms with Gasteiger partial charge >= 0.3 is 5.97 Å². The van der Waals surface area contributed by atoms with Gasteiger partial charge in [-0.1, -0.05) is 35.3 Å². The van der Waals surface area contributed by atoms with Crippen LogP contribution in [0.3, 0.4) is 0 Å². The van der Waals surface area contributed by atoms with Gasteiger partial charge < -0.3 is 19.9 Å². The van der Waals surface area contributed by atoms with Gasteiger partial charge in [-0.2, -0.15) is 0 Å². The summed E-state index contributed by atoms with van der Waals surface area (Å²) in [5, 5.41) is 13.5. The van der Waals surface area contributed by atoms with Crippen LogP contribution < -0.4 is 15.6 Å². The summed E-state index contributed by atoms with van der Waals surface area (Å²) in [5.74, 6) is -1.88. The molecule has 0 bridgehead atoms. The fourth-order valence-corrected chi connectivity index (χ4v) is 4.70. The van der Waals surface area contributed by atoms with E-state index in [0.29, 0.717) is 18.1 Å². The van der Waals surface area contributed by atoms with E-state index in [2.05, 4.69) is 5.32 Å². The maximum atomic E-state index is 15.9. The van der Waals surface area contributed by atoms with Crippen LogP contribution in [0.2, 0.25) is 5.02 Å². The summed E-state index contributed by atoms with van der Waals surface area (Å²) in [6.45, 7) is 0.846. The summed E-state index contributed by atoms with van der Waals surface area (Å²) in [5.41, 5.74) is -0.108. The highest BCUT2D eigenvalue weighted by Gasteiger charge is 2.32. The van der Waals surface area contributed by atoms with Crippen LogP contribution in [0.4, 0.5) is 10.1 Å². The van der Waals surface area contributed by atoms with E-state index in [-0.39, 0.29) is 34.2 Å². The van der Waals surface area contributed by atoms with Gasteiger partial charge in [-0.05, 0) is 42.7 Å². The Bertz CT molecular complexity index is 1270. The first-order chi connectivity index (χ1) is 15.3. The molecule has 2 N–H and O–H groups in total. The van der Waals surface area contributed by atoms with Gasteiger partial charge in [0, 0.05) is 41.8 Å². The largest absolute Gasteiger partial charge is 0.477 e. The first kappa shape index (κ1) is 21.2. The minimum Gasteiger partial charge on any atom is -0.477 e. The number of nitrogens with zero attached hydrogens (tertiary/aromatic N) is 2. The van der Waals surface area contributed by atoms with E-state index in [0.717, 1.165) is 18.4 Å². The molecule has 2 aromatic carbocycles. The van der Waals surface area contributed by atoms with Crippen LogP contribution >= 0.6 is 23.2 Å². The number of fused-ring (bicyclic) bond motifs is 1. The number of aromatic nitrogens is 1. The number of carboxylic acids is 1. The number of hydrogen-bond acceptors (Lipinski definition) is 4. The Morgan fingerprint density at radius 3 is 2.53 bits per heavy atom. The molecular formula is C23H20Cl2FN3O3. The van der Waals surface area contributed by atoms with Gasteiger partial charge in [-0.15, -0.1) is 0 Å². The predicted molar refractivity (Wildman–Crippen MR) is 123 cm³/mol. The van der Waals surface area contributed by atoms with Gasteiger partial charge in [0.25, 0.3) is 0 Å². The number of anilines is 1. The van der Waals surface area contributed by atoms with E-state index in [1.54, 1.807) is 21.6 Å². The van der Waals surface area contributed by atoms with Crippen LogP contribution in [0.25, 0.3) is 10.9 Å². The standard InChI is InChI=1S/C23H20Cl2FN3O3/c24-13-3-1-12(2-4-13)17-11-29(19(25)9-27-17)18-8-7-15-21(20(18)26)28(14-5-6-14)10-16(22(15)30)23(31)32/h1-4,7-8,10,14,17,19,27H,5-6,9,11H2,(H,31,32). The Morgan fingerprint density at radius 1 is 1.16 bits per heavy atom. The summed E-state index contributed by atoms with van der Waals surface area (Å²) in [4.78, 5) is 26.0. The number of rotatable bonds is 4. The number of hydrogen-bond donors (Lipinski definition) is 2. The summed E-state index contributed by atoms with van der Waals surface area (Å²) in [6, 6.07) is 10.4. The number of carboxylic acid groups (broad SMARTS) is 1. The van der Waals surface area contributed by atoms with Gasteiger partial charge in [0.05, 0.1) is 11.2 Å². The second-order valence-electron chi connectivity index (χ2n) is 8.21. The number of alkyl halides is 1. The molecule has 0 amide bonds. The molecule has 0 spiro atoms. The van der Waals surface area contributed by atoms with Crippen molar-refractivity contribution in [3.8, 4) is 0 Å². The van der Waals surface area contributed by atoms with Crippen LogP contribution in [0.5, 0.6) is 0 Å². The minimum absolute atomic E-state index is 0.0161. The zero-order valence-electron chi connectivity index (χ0n) is 16.9. The van der Waals surface area contributed by atoms with Crippen LogP contribution in [0, 0.1) is 5.82 Å². The molecule has 1 saturated carbocycles. The van der Waals surface area contributed by atoms with E-state index in [9.17, 15) is 14.7 Å². The van der Waals surface area contributed by atoms with Crippen molar-refractivity contribution in [1.82, 2.24) is 9.88 Å². The fourth-order valence-electron chi connectivity index (χ4n) is 4.30. The van der Waals surface area contributed by atoms with Crippen molar-refractivity contribution in [2.45, 2.75) is 30.4 Å². The molecule has 0 radical (unpaired) electrons. The first-order valence-corrected chi connectivity index (χ1v) is 11.2. The lowest BCUT2D eigenvalue weighted by Gasteiger charge is -2.39. The fraction of sp³-hybridized carbons (Fsp3) is 0.304. The van der Waals surface area contributed by atoms with E-state index in [4.69, 9.17) is 23.2 Å². The Labute approximate surface area is 193 Å². The van der Waals surface area contributed by atoms with Crippen molar-refractivity contribution in [3.05, 3.63) is 74.8 Å². The zero-order valence-corrected chi connectivity index (χ0v) is 18.4. The topological polar surface area (TPSA) is 74.6 Å². The van der Waals surface area contributed by atoms with E-state index in [1.165, 1.54) is 18.3 Å². The van der Waals surface area contributed by atoms with Gasteiger partial charge in [-0.3, -0.25) is 4.79 Å². The molecule has 166 valence electrons. The average molecular weight is 476 g/mol. The van der Waals surface area contributed by atoms with Gasteiger partial charge in [-0.25, -0.2) is 9.18 Å². The van der Waals surface area contributed by atoms with Crippen molar-refractivity contribution in [2.24, 2.45) is 0 Å². The number of benzene rings is 2. The molecular weight excluding hydrogens is 456 g/mol. The van der Waals surface area contributed by atoms with Gasteiger partial charge in [0.2, 0.25) is 5.43 Å². The highest BCUT2D eigenvalue weighted by Crippen LogP contribution is 2.39. The first-order valence-electron chi connectivity index (χ1n) is 10.4. The second-order valence-corrected chi connectivity index (χ2v) is 9.15. The summed E-state index contributed by atoms with van der Waals surface area (Å²) in [7, 11) is 0. The summed E-state index contributed by atoms with van der Waals surface area (Å²) < 4.78 is 17.5. The lowest BCUT2D eigenvalue weighted by atomic mass is 10.0.